The average Bonchev–Trinajstić information content (AvgIpc) is 2.75. The van der Waals surface area contributed by atoms with Crippen molar-refractivity contribution in [3.8, 4) is 0 Å². The van der Waals surface area contributed by atoms with Crippen molar-refractivity contribution in [1.82, 2.24) is 0 Å². The summed E-state index contributed by atoms with van der Waals surface area (Å²) in [5.41, 5.74) is 8.20. The summed E-state index contributed by atoms with van der Waals surface area (Å²) in [5.74, 6) is 0.146. The normalized spacial score (nSPS) is 9.93. The summed E-state index contributed by atoms with van der Waals surface area (Å²) in [7, 11) is 0. The molecule has 3 aromatic rings. The Hall–Kier alpha value is -2.18. The first kappa shape index (κ1) is 22.1. The number of hydrogen-bond acceptors (Lipinski definition) is 3. The van der Waals surface area contributed by atoms with Crippen molar-refractivity contribution in [1.29, 1.82) is 0 Å². The molecule has 0 aliphatic carbocycles. The first-order valence-electron chi connectivity index (χ1n) is 8.82. The molecule has 0 aliphatic heterocycles. The Morgan fingerprint density at radius 3 is 1.89 bits per heavy atom. The molecule has 0 atom stereocenters. The second-order valence-corrected chi connectivity index (χ2v) is 7.52. The van der Waals surface area contributed by atoms with Crippen LogP contribution in [0.5, 0.6) is 0 Å². The van der Waals surface area contributed by atoms with Crippen LogP contribution in [0, 0.1) is 0 Å². The summed E-state index contributed by atoms with van der Waals surface area (Å²) in [6.07, 6.45) is 1.42. The van der Waals surface area contributed by atoms with Crippen molar-refractivity contribution in [3.05, 3.63) is 101 Å². The summed E-state index contributed by atoms with van der Waals surface area (Å²) < 4.78 is 0.976. The highest BCUT2D eigenvalue weighted by atomic mass is 127. The lowest BCUT2D eigenvalue weighted by Gasteiger charge is -2.04. The minimum Gasteiger partial charge on any atom is -0.398 e. The highest BCUT2D eigenvalue weighted by Crippen LogP contribution is 2.20. The molecule has 5 heteroatoms. The maximum absolute atomic E-state index is 11.8. The van der Waals surface area contributed by atoms with E-state index in [2.05, 4.69) is 22.6 Å². The van der Waals surface area contributed by atoms with E-state index in [-0.39, 0.29) is 11.6 Å². The van der Waals surface area contributed by atoms with Crippen LogP contribution in [-0.4, -0.2) is 16.0 Å². The van der Waals surface area contributed by atoms with Crippen LogP contribution in [0.25, 0.3) is 0 Å². The highest BCUT2D eigenvalue weighted by molar-refractivity contribution is 14.1. The Bertz CT molecular complexity index is 873. The molecule has 0 saturated carbocycles. The van der Waals surface area contributed by atoms with Gasteiger partial charge in [0.15, 0.2) is 11.6 Å². The van der Waals surface area contributed by atoms with E-state index < -0.39 is 0 Å². The molecule has 0 aromatic heterocycles. The molecule has 0 saturated heterocycles. The van der Waals surface area contributed by atoms with Gasteiger partial charge in [-0.05, 0) is 29.0 Å². The highest BCUT2D eigenvalue weighted by Gasteiger charge is 2.09. The zero-order valence-electron chi connectivity index (χ0n) is 15.3. The molecule has 0 fully saturated rings. The molecule has 0 aliphatic rings. The number of Topliss-reactive ketones (excluding diaryl/α,β-unsaturated/α-hetero) is 1. The third-order valence-electron chi connectivity index (χ3n) is 3.93. The van der Waals surface area contributed by atoms with Gasteiger partial charge in [0.1, 0.15) is 0 Å². The van der Waals surface area contributed by atoms with E-state index in [4.69, 9.17) is 17.3 Å². The van der Waals surface area contributed by atoms with Gasteiger partial charge >= 0.3 is 0 Å². The van der Waals surface area contributed by atoms with Crippen molar-refractivity contribution in [3.63, 3.8) is 0 Å². The molecule has 3 nitrogen and oxygen atoms in total. The van der Waals surface area contributed by atoms with E-state index in [1.807, 2.05) is 60.7 Å². The minimum absolute atomic E-state index is 0.0710. The topological polar surface area (TPSA) is 60.2 Å². The van der Waals surface area contributed by atoms with Gasteiger partial charge in [-0.25, -0.2) is 0 Å². The lowest BCUT2D eigenvalue weighted by atomic mass is 10.0. The number of nitrogens with two attached hydrogens (primary N) is 1. The van der Waals surface area contributed by atoms with Gasteiger partial charge in [-0.3, -0.25) is 9.59 Å². The smallest absolute Gasteiger partial charge is 0.193 e. The molecule has 28 heavy (non-hydrogen) atoms. The number of benzene rings is 3. The quantitative estimate of drug-likeness (QED) is 0.187. The van der Waals surface area contributed by atoms with Gasteiger partial charge in [-0.15, -0.1) is 0 Å². The number of carbonyl (C=O) groups excluding carboxylic acids is 2. The van der Waals surface area contributed by atoms with Gasteiger partial charge in [-0.2, -0.15) is 0 Å². The molecule has 0 amide bonds. The summed E-state index contributed by atoms with van der Waals surface area (Å²) in [4.78, 5) is 23.5. The molecule has 3 aromatic carbocycles. The molecule has 0 unspecified atom stereocenters. The minimum atomic E-state index is 0.0710. The Morgan fingerprint density at radius 1 is 0.857 bits per heavy atom. The van der Waals surface area contributed by atoms with Crippen LogP contribution < -0.4 is 5.73 Å². The second kappa shape index (κ2) is 11.6. The fraction of sp³-hybridized carbons (Fsp3) is 0.130. The SMILES string of the molecule is Nc1ccc(Cl)cc1C(=O)CCCI.O=C(c1ccccc1)c1ccccc1. The number of anilines is 1. The predicted octanol–water partition coefficient (Wildman–Crippen LogP) is 6.24. The molecule has 2 N–H and O–H groups in total. The lowest BCUT2D eigenvalue weighted by Crippen LogP contribution is -2.03. The molecule has 0 radical (unpaired) electrons. The molecular formula is C23H21ClINO2. The van der Waals surface area contributed by atoms with Crippen LogP contribution in [0.4, 0.5) is 5.69 Å². The van der Waals surface area contributed by atoms with Gasteiger partial charge < -0.3 is 5.73 Å². The zero-order chi connectivity index (χ0) is 20.4. The second-order valence-electron chi connectivity index (χ2n) is 6.01. The van der Waals surface area contributed by atoms with Gasteiger partial charge in [0.05, 0.1) is 0 Å². The number of alkyl halides is 1. The Kier molecular flexibility index (Phi) is 9.17. The predicted molar refractivity (Wildman–Crippen MR) is 125 cm³/mol. The zero-order valence-corrected chi connectivity index (χ0v) is 18.2. The van der Waals surface area contributed by atoms with E-state index in [0.717, 1.165) is 22.0 Å². The van der Waals surface area contributed by atoms with Gasteiger partial charge in [-0.1, -0.05) is 94.9 Å². The number of halogens is 2. The van der Waals surface area contributed by atoms with E-state index in [1.54, 1.807) is 18.2 Å². The van der Waals surface area contributed by atoms with Crippen molar-refractivity contribution in [2.24, 2.45) is 0 Å². The Balaban J connectivity index is 0.000000200. The Morgan fingerprint density at radius 2 is 1.39 bits per heavy atom. The van der Waals surface area contributed by atoms with Crippen molar-refractivity contribution in [2.45, 2.75) is 12.8 Å². The van der Waals surface area contributed by atoms with Gasteiger partial charge in [0.2, 0.25) is 0 Å². The summed E-state index contributed by atoms with van der Waals surface area (Å²) in [6, 6.07) is 23.6. The largest absolute Gasteiger partial charge is 0.398 e. The summed E-state index contributed by atoms with van der Waals surface area (Å²) >= 11 is 8.03. The fourth-order valence-electron chi connectivity index (χ4n) is 2.48. The van der Waals surface area contributed by atoms with E-state index in [0.29, 0.717) is 22.7 Å². The summed E-state index contributed by atoms with van der Waals surface area (Å²) in [5, 5.41) is 0.553. The van der Waals surface area contributed by atoms with Crippen LogP contribution in [0.2, 0.25) is 5.02 Å². The van der Waals surface area contributed by atoms with Crippen LogP contribution in [0.15, 0.2) is 78.9 Å². The van der Waals surface area contributed by atoms with Gasteiger partial charge in [0.25, 0.3) is 0 Å². The van der Waals surface area contributed by atoms with Crippen molar-refractivity contribution >= 4 is 51.4 Å². The molecule has 0 heterocycles. The molecule has 0 spiro atoms. The lowest BCUT2D eigenvalue weighted by molar-refractivity contribution is 0.0982. The van der Waals surface area contributed by atoms with Crippen LogP contribution in [-0.2, 0) is 0 Å². The van der Waals surface area contributed by atoms with Crippen LogP contribution >= 0.6 is 34.2 Å². The summed E-state index contributed by atoms with van der Waals surface area (Å²) in [6.45, 7) is 0. The molecule has 0 bridgehead atoms. The Labute approximate surface area is 184 Å². The monoisotopic (exact) mass is 505 g/mol. The number of nitrogen functional groups attached to an aromatic ring is 1. The van der Waals surface area contributed by atoms with E-state index >= 15 is 0 Å². The maximum Gasteiger partial charge on any atom is 0.193 e. The standard InChI is InChI=1S/C13H10O.C10H11ClINO/c14-13(11-7-3-1-4-8-11)12-9-5-2-6-10-12;11-7-3-4-9(13)8(6-7)10(14)2-1-5-12/h1-10H;3-4,6H,1-2,5,13H2. The van der Waals surface area contributed by atoms with Gasteiger partial charge in [0, 0.05) is 33.8 Å². The average molecular weight is 506 g/mol. The van der Waals surface area contributed by atoms with Crippen molar-refractivity contribution < 1.29 is 9.59 Å². The first-order chi connectivity index (χ1) is 13.5. The maximum atomic E-state index is 11.8. The third kappa shape index (κ3) is 6.77. The number of hydrogen-bond donors (Lipinski definition) is 1. The van der Waals surface area contributed by atoms with Crippen LogP contribution in [0.3, 0.4) is 0 Å². The first-order valence-corrected chi connectivity index (χ1v) is 10.7. The van der Waals surface area contributed by atoms with E-state index in [1.165, 1.54) is 0 Å². The van der Waals surface area contributed by atoms with Crippen LogP contribution in [0.1, 0.15) is 39.1 Å². The van der Waals surface area contributed by atoms with E-state index in [9.17, 15) is 9.59 Å². The molecule has 3 rings (SSSR count). The molecule has 144 valence electrons. The molecular weight excluding hydrogens is 485 g/mol. The third-order valence-corrected chi connectivity index (χ3v) is 4.92. The number of rotatable bonds is 6. The fourth-order valence-corrected chi connectivity index (χ4v) is 3.03. The number of ketones is 2. The number of carbonyl (C=O) groups is 2. The van der Waals surface area contributed by atoms with Crippen molar-refractivity contribution in [2.75, 3.05) is 10.2 Å².